The molecule has 0 amide bonds. The topological polar surface area (TPSA) is 66.8 Å². The fraction of sp³-hybridized carbons (Fsp3) is 0.222. The van der Waals surface area contributed by atoms with Gasteiger partial charge in [0.15, 0.2) is 11.5 Å². The molecule has 0 aromatic heterocycles. The van der Waals surface area contributed by atoms with E-state index in [2.05, 4.69) is 4.74 Å². The van der Waals surface area contributed by atoms with Gasteiger partial charge >= 0.3 is 0 Å². The van der Waals surface area contributed by atoms with E-state index in [0.29, 0.717) is 12.0 Å². The van der Waals surface area contributed by atoms with Crippen LogP contribution in [-0.2, 0) is 9.53 Å². The van der Waals surface area contributed by atoms with Crippen LogP contribution in [0.25, 0.3) is 0 Å². The monoisotopic (exact) mass is 182 g/mol. The van der Waals surface area contributed by atoms with Crippen molar-refractivity contribution in [3.8, 4) is 11.5 Å². The highest BCUT2D eigenvalue weighted by molar-refractivity contribution is 5.43. The van der Waals surface area contributed by atoms with Crippen LogP contribution in [0.5, 0.6) is 11.5 Å². The van der Waals surface area contributed by atoms with E-state index in [0.717, 1.165) is 0 Å². The highest BCUT2D eigenvalue weighted by Crippen LogP contribution is 2.28. The molecule has 0 heterocycles. The Labute approximate surface area is 75.4 Å². The lowest BCUT2D eigenvalue weighted by Crippen LogP contribution is -1.97. The lowest BCUT2D eigenvalue weighted by atomic mass is 10.1. The summed E-state index contributed by atoms with van der Waals surface area (Å²) < 4.78 is 4.65. The van der Waals surface area contributed by atoms with E-state index < -0.39 is 6.10 Å². The molecule has 1 aromatic rings. The maximum absolute atomic E-state index is 10.0. The number of aromatic hydroxyl groups is 2. The molecule has 0 aliphatic rings. The van der Waals surface area contributed by atoms with Gasteiger partial charge in [0.05, 0.1) is 0 Å². The third-order valence-corrected chi connectivity index (χ3v) is 1.73. The van der Waals surface area contributed by atoms with Crippen LogP contribution in [0.4, 0.5) is 0 Å². The predicted molar refractivity (Wildman–Crippen MR) is 45.3 cm³/mol. The molecule has 1 atom stereocenters. The molecule has 0 aliphatic heterocycles. The van der Waals surface area contributed by atoms with Gasteiger partial charge in [0, 0.05) is 0 Å². The Kier molecular flexibility index (Phi) is 2.74. The number of carbonyl (C=O) groups excluding carboxylic acids is 1. The molecule has 0 spiro atoms. The van der Waals surface area contributed by atoms with Crippen LogP contribution < -0.4 is 0 Å². The van der Waals surface area contributed by atoms with Gasteiger partial charge < -0.3 is 14.9 Å². The second-order valence-electron chi connectivity index (χ2n) is 2.62. The van der Waals surface area contributed by atoms with E-state index in [4.69, 9.17) is 10.2 Å². The molecule has 70 valence electrons. The molecule has 4 heteroatoms. The number of benzene rings is 1. The number of phenolic OH excluding ortho intramolecular Hbond substituents is 2. The Hall–Kier alpha value is -1.71. The van der Waals surface area contributed by atoms with E-state index in [1.54, 1.807) is 13.0 Å². The molecule has 1 rings (SSSR count). The van der Waals surface area contributed by atoms with Crippen LogP contribution in [0.15, 0.2) is 18.2 Å². The minimum Gasteiger partial charge on any atom is -0.504 e. The lowest BCUT2D eigenvalue weighted by Gasteiger charge is -2.09. The van der Waals surface area contributed by atoms with Crippen molar-refractivity contribution in [2.75, 3.05) is 0 Å². The Balaban J connectivity index is 2.89. The molecule has 0 bridgehead atoms. The molecule has 0 fully saturated rings. The summed E-state index contributed by atoms with van der Waals surface area (Å²) in [5.41, 5.74) is 0.627. The SMILES string of the molecule is CC(OC=O)c1ccc(O)c(O)c1. The zero-order valence-electron chi connectivity index (χ0n) is 7.10. The molecular formula is C9H10O4. The number of hydrogen-bond acceptors (Lipinski definition) is 4. The summed E-state index contributed by atoms with van der Waals surface area (Å²) in [7, 11) is 0. The van der Waals surface area contributed by atoms with Crippen LogP contribution in [0.1, 0.15) is 18.6 Å². The summed E-state index contributed by atoms with van der Waals surface area (Å²) in [5, 5.41) is 18.1. The van der Waals surface area contributed by atoms with E-state index >= 15 is 0 Å². The Morgan fingerprint density at radius 3 is 2.62 bits per heavy atom. The van der Waals surface area contributed by atoms with Gasteiger partial charge in [0.1, 0.15) is 6.10 Å². The van der Waals surface area contributed by atoms with E-state index in [9.17, 15) is 4.79 Å². The van der Waals surface area contributed by atoms with Crippen LogP contribution in [0.2, 0.25) is 0 Å². The fourth-order valence-corrected chi connectivity index (χ4v) is 0.955. The minimum absolute atomic E-state index is 0.193. The first-order valence-corrected chi connectivity index (χ1v) is 3.76. The number of hydrogen-bond donors (Lipinski definition) is 2. The van der Waals surface area contributed by atoms with Gasteiger partial charge in [-0.3, -0.25) is 4.79 Å². The third-order valence-electron chi connectivity index (χ3n) is 1.73. The first-order valence-electron chi connectivity index (χ1n) is 3.76. The summed E-state index contributed by atoms with van der Waals surface area (Å²) in [6, 6.07) is 4.27. The van der Waals surface area contributed by atoms with Gasteiger partial charge in [-0.15, -0.1) is 0 Å². The largest absolute Gasteiger partial charge is 0.504 e. The van der Waals surface area contributed by atoms with Gasteiger partial charge in [-0.25, -0.2) is 0 Å². The lowest BCUT2D eigenvalue weighted by molar-refractivity contribution is -0.133. The predicted octanol–water partition coefficient (Wildman–Crippen LogP) is 1.33. The second-order valence-corrected chi connectivity index (χ2v) is 2.62. The Bertz CT molecular complexity index is 308. The number of phenols is 2. The molecule has 2 N–H and O–H groups in total. The molecule has 0 aliphatic carbocycles. The molecule has 4 nitrogen and oxygen atoms in total. The summed E-state index contributed by atoms with van der Waals surface area (Å²) in [5.74, 6) is -0.416. The van der Waals surface area contributed by atoms with Gasteiger partial charge in [-0.2, -0.15) is 0 Å². The van der Waals surface area contributed by atoms with Crippen molar-refractivity contribution < 1.29 is 19.7 Å². The van der Waals surface area contributed by atoms with Crippen molar-refractivity contribution in [2.45, 2.75) is 13.0 Å². The van der Waals surface area contributed by atoms with Gasteiger partial charge in [0.25, 0.3) is 6.47 Å². The smallest absolute Gasteiger partial charge is 0.293 e. The van der Waals surface area contributed by atoms with E-state index in [-0.39, 0.29) is 11.5 Å². The minimum atomic E-state index is -0.427. The molecule has 1 unspecified atom stereocenters. The van der Waals surface area contributed by atoms with Gasteiger partial charge in [-0.05, 0) is 24.6 Å². The van der Waals surface area contributed by atoms with Gasteiger partial charge in [-0.1, -0.05) is 6.07 Å². The molecule has 1 aromatic carbocycles. The van der Waals surface area contributed by atoms with Crippen molar-refractivity contribution in [2.24, 2.45) is 0 Å². The van der Waals surface area contributed by atoms with Crippen LogP contribution in [-0.4, -0.2) is 16.7 Å². The van der Waals surface area contributed by atoms with Gasteiger partial charge in [0.2, 0.25) is 0 Å². The average Bonchev–Trinajstić information content (AvgIpc) is 2.10. The van der Waals surface area contributed by atoms with Crippen molar-refractivity contribution in [1.82, 2.24) is 0 Å². The molecule has 0 saturated carbocycles. The maximum atomic E-state index is 10.0. The summed E-state index contributed by atoms with van der Waals surface area (Å²) in [6.45, 7) is 2.01. The average molecular weight is 182 g/mol. The van der Waals surface area contributed by atoms with Crippen molar-refractivity contribution in [3.05, 3.63) is 23.8 Å². The standard InChI is InChI=1S/C9H10O4/c1-6(13-5-10)7-2-3-8(11)9(12)4-7/h2-6,11-12H,1H3. The molecule has 0 radical (unpaired) electrons. The highest BCUT2D eigenvalue weighted by Gasteiger charge is 2.07. The summed E-state index contributed by atoms with van der Waals surface area (Å²) in [4.78, 5) is 10.0. The third kappa shape index (κ3) is 2.11. The number of ether oxygens (including phenoxy) is 1. The van der Waals surface area contributed by atoms with E-state index in [1.807, 2.05) is 0 Å². The quantitative estimate of drug-likeness (QED) is 0.546. The maximum Gasteiger partial charge on any atom is 0.293 e. The zero-order valence-corrected chi connectivity index (χ0v) is 7.10. The summed E-state index contributed by atoms with van der Waals surface area (Å²) in [6.07, 6.45) is -0.427. The van der Waals surface area contributed by atoms with Crippen molar-refractivity contribution in [1.29, 1.82) is 0 Å². The molecule has 13 heavy (non-hydrogen) atoms. The zero-order chi connectivity index (χ0) is 9.84. The van der Waals surface area contributed by atoms with Crippen LogP contribution >= 0.6 is 0 Å². The van der Waals surface area contributed by atoms with Crippen LogP contribution in [0, 0.1) is 0 Å². The number of rotatable bonds is 3. The second kappa shape index (κ2) is 3.80. The number of carbonyl (C=O) groups is 1. The van der Waals surface area contributed by atoms with E-state index in [1.165, 1.54) is 12.1 Å². The Morgan fingerprint density at radius 1 is 1.38 bits per heavy atom. The van der Waals surface area contributed by atoms with Crippen molar-refractivity contribution >= 4 is 6.47 Å². The molecular weight excluding hydrogens is 172 g/mol. The fourth-order valence-electron chi connectivity index (χ4n) is 0.955. The normalized spacial score (nSPS) is 12.1. The first kappa shape index (κ1) is 9.38. The Morgan fingerprint density at radius 2 is 2.08 bits per heavy atom. The van der Waals surface area contributed by atoms with Crippen LogP contribution in [0.3, 0.4) is 0 Å². The first-order chi connectivity index (χ1) is 6.15. The highest BCUT2D eigenvalue weighted by atomic mass is 16.5. The van der Waals surface area contributed by atoms with Crippen molar-refractivity contribution in [3.63, 3.8) is 0 Å². The molecule has 0 saturated heterocycles. The summed E-state index contributed by atoms with van der Waals surface area (Å²) >= 11 is 0.